The van der Waals surface area contributed by atoms with Gasteiger partial charge in [0.2, 0.25) is 11.8 Å². The van der Waals surface area contributed by atoms with Crippen LogP contribution in [-0.4, -0.2) is 39.8 Å². The Morgan fingerprint density at radius 3 is 2.89 bits per heavy atom. The quantitative estimate of drug-likeness (QED) is 0.713. The highest BCUT2D eigenvalue weighted by Crippen LogP contribution is 2.22. The number of amides is 2. The Morgan fingerprint density at radius 1 is 1.22 bits per heavy atom. The number of pyridine rings is 1. The monoisotopic (exact) mass is 380 g/mol. The predicted octanol–water partition coefficient (Wildman–Crippen LogP) is 2.40. The summed E-state index contributed by atoms with van der Waals surface area (Å²) in [6.07, 6.45) is 2.67. The van der Waals surface area contributed by atoms with Crippen LogP contribution in [0.15, 0.2) is 48.7 Å². The van der Waals surface area contributed by atoms with Crippen molar-refractivity contribution in [1.29, 1.82) is 0 Å². The molecule has 1 unspecified atom stereocenters. The number of likely N-dealkylation sites (tertiary alicyclic amines) is 1. The number of fused-ring (bicyclic) bond motifs is 1. The summed E-state index contributed by atoms with van der Waals surface area (Å²) >= 11 is 1.65. The van der Waals surface area contributed by atoms with Crippen LogP contribution in [0.5, 0.6) is 0 Å². The number of nitrogens with zero attached hydrogens (tertiary/aromatic N) is 3. The van der Waals surface area contributed by atoms with Crippen molar-refractivity contribution in [3.05, 3.63) is 59.4 Å². The van der Waals surface area contributed by atoms with Crippen molar-refractivity contribution in [2.45, 2.75) is 19.4 Å². The number of carbonyl (C=O) groups is 2. The number of aromatic nitrogens is 2. The molecule has 1 aromatic carbocycles. The largest absolute Gasteiger partial charge is 0.355 e. The summed E-state index contributed by atoms with van der Waals surface area (Å²) in [5.41, 5.74) is 1.83. The van der Waals surface area contributed by atoms with Crippen LogP contribution < -0.4 is 5.32 Å². The topological polar surface area (TPSA) is 75.2 Å². The van der Waals surface area contributed by atoms with Crippen molar-refractivity contribution in [2.75, 3.05) is 13.1 Å². The molecule has 138 valence electrons. The van der Waals surface area contributed by atoms with Gasteiger partial charge in [0.25, 0.3) is 0 Å². The minimum Gasteiger partial charge on any atom is -0.355 e. The second kappa shape index (κ2) is 7.84. The van der Waals surface area contributed by atoms with Crippen LogP contribution in [-0.2, 0) is 22.6 Å². The van der Waals surface area contributed by atoms with Crippen LogP contribution in [0.25, 0.3) is 10.2 Å². The molecular weight excluding hydrogens is 360 g/mol. The van der Waals surface area contributed by atoms with E-state index >= 15 is 0 Å². The lowest BCUT2D eigenvalue weighted by molar-refractivity contribution is -0.129. The molecule has 7 heteroatoms. The van der Waals surface area contributed by atoms with Gasteiger partial charge in [-0.2, -0.15) is 0 Å². The van der Waals surface area contributed by atoms with Crippen molar-refractivity contribution < 1.29 is 9.59 Å². The fourth-order valence-electron chi connectivity index (χ4n) is 3.25. The number of thiazole rings is 1. The fourth-order valence-corrected chi connectivity index (χ4v) is 4.22. The van der Waals surface area contributed by atoms with Crippen LogP contribution >= 0.6 is 11.3 Å². The van der Waals surface area contributed by atoms with Crippen molar-refractivity contribution in [3.63, 3.8) is 0 Å². The molecule has 27 heavy (non-hydrogen) atoms. The van der Waals surface area contributed by atoms with Crippen LogP contribution in [0.4, 0.5) is 0 Å². The van der Waals surface area contributed by atoms with Gasteiger partial charge in [-0.1, -0.05) is 18.2 Å². The average molecular weight is 380 g/mol. The minimum absolute atomic E-state index is 0.00646. The van der Waals surface area contributed by atoms with Crippen molar-refractivity contribution in [3.8, 4) is 0 Å². The molecule has 0 radical (unpaired) electrons. The Bertz CT molecular complexity index is 924. The Kier molecular flexibility index (Phi) is 5.11. The molecule has 0 bridgehead atoms. The lowest BCUT2D eigenvalue weighted by atomic mass is 10.1. The molecule has 1 saturated heterocycles. The summed E-state index contributed by atoms with van der Waals surface area (Å²) in [5.74, 6) is -0.350. The Labute approximate surface area is 161 Å². The molecule has 3 aromatic rings. The third kappa shape index (κ3) is 4.14. The highest BCUT2D eigenvalue weighted by molar-refractivity contribution is 7.18. The average Bonchev–Trinajstić information content (AvgIpc) is 3.26. The SMILES string of the molecule is O=C(NCCc1nc2ccccc2s1)C1CC(=O)N(Cc2ccccn2)C1. The van der Waals surface area contributed by atoms with E-state index in [1.165, 1.54) is 0 Å². The van der Waals surface area contributed by atoms with Crippen LogP contribution in [0.1, 0.15) is 17.1 Å². The summed E-state index contributed by atoms with van der Waals surface area (Å²) in [7, 11) is 0. The van der Waals surface area contributed by atoms with E-state index in [-0.39, 0.29) is 24.2 Å². The van der Waals surface area contributed by atoms with E-state index in [0.717, 1.165) is 20.9 Å². The molecular formula is C20H20N4O2S. The molecule has 4 rings (SSSR count). The first-order valence-electron chi connectivity index (χ1n) is 8.99. The van der Waals surface area contributed by atoms with Gasteiger partial charge in [0.15, 0.2) is 0 Å². The zero-order valence-corrected chi connectivity index (χ0v) is 15.6. The summed E-state index contributed by atoms with van der Waals surface area (Å²) in [4.78, 5) is 35.2. The maximum Gasteiger partial charge on any atom is 0.225 e. The second-order valence-electron chi connectivity index (χ2n) is 6.61. The molecule has 0 aliphatic carbocycles. The summed E-state index contributed by atoms with van der Waals surface area (Å²) < 4.78 is 1.16. The van der Waals surface area contributed by atoms with Gasteiger partial charge in [-0.15, -0.1) is 11.3 Å². The zero-order chi connectivity index (χ0) is 18.6. The van der Waals surface area contributed by atoms with Gasteiger partial charge in [0.1, 0.15) is 0 Å². The molecule has 0 spiro atoms. The number of hydrogen-bond donors (Lipinski definition) is 1. The number of hydrogen-bond acceptors (Lipinski definition) is 5. The maximum absolute atomic E-state index is 12.4. The molecule has 0 saturated carbocycles. The molecule has 1 N–H and O–H groups in total. The van der Waals surface area contributed by atoms with Gasteiger partial charge < -0.3 is 10.2 Å². The zero-order valence-electron chi connectivity index (χ0n) is 14.8. The number of rotatable bonds is 6. The maximum atomic E-state index is 12.4. The van der Waals surface area contributed by atoms with Gasteiger partial charge in [0, 0.05) is 32.1 Å². The standard InChI is InChI=1S/C20H20N4O2S/c25-19-11-14(12-24(19)13-15-5-3-4-9-21-15)20(26)22-10-8-18-23-16-6-1-2-7-17(16)27-18/h1-7,9,14H,8,10-13H2,(H,22,26). The van der Waals surface area contributed by atoms with Gasteiger partial charge in [-0.25, -0.2) is 4.98 Å². The van der Waals surface area contributed by atoms with E-state index in [9.17, 15) is 9.59 Å². The van der Waals surface area contributed by atoms with E-state index in [0.29, 0.717) is 26.1 Å². The first-order chi connectivity index (χ1) is 13.2. The van der Waals surface area contributed by atoms with Crippen molar-refractivity contribution in [2.24, 2.45) is 5.92 Å². The van der Waals surface area contributed by atoms with E-state index in [4.69, 9.17) is 0 Å². The van der Waals surface area contributed by atoms with Crippen LogP contribution in [0.3, 0.4) is 0 Å². The van der Waals surface area contributed by atoms with Crippen LogP contribution in [0.2, 0.25) is 0 Å². The van der Waals surface area contributed by atoms with Crippen molar-refractivity contribution >= 4 is 33.4 Å². The van der Waals surface area contributed by atoms with E-state index in [1.807, 2.05) is 36.4 Å². The molecule has 6 nitrogen and oxygen atoms in total. The normalized spacial score (nSPS) is 16.8. The van der Waals surface area contributed by atoms with Gasteiger partial charge in [-0.05, 0) is 24.3 Å². The van der Waals surface area contributed by atoms with E-state index in [2.05, 4.69) is 21.4 Å². The van der Waals surface area contributed by atoms with Crippen LogP contribution in [0, 0.1) is 5.92 Å². The lowest BCUT2D eigenvalue weighted by Crippen LogP contribution is -2.34. The number of para-hydroxylation sites is 1. The Morgan fingerprint density at radius 2 is 2.07 bits per heavy atom. The van der Waals surface area contributed by atoms with E-state index < -0.39 is 0 Å². The molecule has 2 amide bonds. The molecule has 2 aromatic heterocycles. The predicted molar refractivity (Wildman–Crippen MR) is 104 cm³/mol. The highest BCUT2D eigenvalue weighted by atomic mass is 32.1. The number of benzene rings is 1. The van der Waals surface area contributed by atoms with Gasteiger partial charge in [-0.3, -0.25) is 14.6 Å². The number of nitrogens with one attached hydrogen (secondary N) is 1. The molecule has 1 aliphatic rings. The second-order valence-corrected chi connectivity index (χ2v) is 7.73. The Balaban J connectivity index is 1.27. The molecule has 3 heterocycles. The highest BCUT2D eigenvalue weighted by Gasteiger charge is 2.34. The van der Waals surface area contributed by atoms with Gasteiger partial charge >= 0.3 is 0 Å². The minimum atomic E-state index is -0.295. The van der Waals surface area contributed by atoms with E-state index in [1.54, 1.807) is 22.4 Å². The molecule has 1 atom stereocenters. The molecule has 1 fully saturated rings. The summed E-state index contributed by atoms with van der Waals surface area (Å²) in [5, 5.41) is 3.97. The van der Waals surface area contributed by atoms with Crippen molar-refractivity contribution in [1.82, 2.24) is 20.2 Å². The van der Waals surface area contributed by atoms with Gasteiger partial charge in [0.05, 0.1) is 33.4 Å². The lowest BCUT2D eigenvalue weighted by Gasteiger charge is -2.16. The first kappa shape index (κ1) is 17.6. The fraction of sp³-hybridized carbons (Fsp3) is 0.300. The third-order valence-electron chi connectivity index (χ3n) is 4.64. The molecule has 1 aliphatic heterocycles. The summed E-state index contributed by atoms with van der Waals surface area (Å²) in [6.45, 7) is 1.43. The first-order valence-corrected chi connectivity index (χ1v) is 9.80. The smallest absolute Gasteiger partial charge is 0.225 e. The third-order valence-corrected chi connectivity index (χ3v) is 5.74. The Hall–Kier alpha value is -2.80. The summed E-state index contributed by atoms with van der Waals surface area (Å²) in [6, 6.07) is 13.6. The number of carbonyl (C=O) groups excluding carboxylic acids is 2.